The largest absolute Gasteiger partial charge is 0.493 e. The summed E-state index contributed by atoms with van der Waals surface area (Å²) in [6.07, 6.45) is 3.69. The Kier molecular flexibility index (Phi) is 4.24. The molecule has 98 valence electrons. The Morgan fingerprint density at radius 3 is 2.78 bits per heavy atom. The van der Waals surface area contributed by atoms with Crippen molar-refractivity contribution in [1.82, 2.24) is 0 Å². The molecule has 0 radical (unpaired) electrons. The van der Waals surface area contributed by atoms with Crippen molar-refractivity contribution in [3.63, 3.8) is 0 Å². The summed E-state index contributed by atoms with van der Waals surface area (Å²) in [5.74, 6) is 1.55. The van der Waals surface area contributed by atoms with Gasteiger partial charge >= 0.3 is 0 Å². The van der Waals surface area contributed by atoms with Crippen LogP contribution in [0.4, 0.5) is 5.69 Å². The first-order valence-corrected chi connectivity index (χ1v) is 6.78. The summed E-state index contributed by atoms with van der Waals surface area (Å²) in [4.78, 5) is 11.3. The molecule has 0 saturated carbocycles. The lowest BCUT2D eigenvalue weighted by Crippen LogP contribution is -2.19. The molecule has 0 fully saturated rings. The molecule has 3 heteroatoms. The first-order chi connectivity index (χ1) is 8.72. The standard InChI is InChI=1S/C15H21NO2/c1-3-11(4-2)10-18-13-7-5-12-6-8-15(17)16-14(12)9-13/h5,7,9,11H,3-4,6,8,10H2,1-2H3,(H,16,17). The Morgan fingerprint density at radius 1 is 1.28 bits per heavy atom. The summed E-state index contributed by atoms with van der Waals surface area (Å²) in [6.45, 7) is 5.12. The number of ether oxygens (including phenoxy) is 1. The third-order valence-electron chi connectivity index (χ3n) is 3.62. The average molecular weight is 247 g/mol. The van der Waals surface area contributed by atoms with E-state index in [-0.39, 0.29) is 5.91 Å². The second-order valence-electron chi connectivity index (χ2n) is 4.86. The predicted octanol–water partition coefficient (Wildman–Crippen LogP) is 3.39. The summed E-state index contributed by atoms with van der Waals surface area (Å²) < 4.78 is 5.80. The molecular weight excluding hydrogens is 226 g/mol. The van der Waals surface area contributed by atoms with Crippen LogP contribution in [-0.2, 0) is 11.2 Å². The van der Waals surface area contributed by atoms with Crippen LogP contribution in [-0.4, -0.2) is 12.5 Å². The van der Waals surface area contributed by atoms with Crippen LogP contribution in [0.3, 0.4) is 0 Å². The Balaban J connectivity index is 2.02. The fraction of sp³-hybridized carbons (Fsp3) is 0.533. The minimum Gasteiger partial charge on any atom is -0.493 e. The number of amides is 1. The summed E-state index contributed by atoms with van der Waals surface area (Å²) in [5.41, 5.74) is 2.11. The van der Waals surface area contributed by atoms with Crippen LogP contribution in [0.2, 0.25) is 0 Å². The highest BCUT2D eigenvalue weighted by molar-refractivity contribution is 5.94. The predicted molar refractivity (Wildman–Crippen MR) is 73.0 cm³/mol. The van der Waals surface area contributed by atoms with Gasteiger partial charge in [-0.05, 0) is 24.0 Å². The number of carbonyl (C=O) groups is 1. The molecule has 0 saturated heterocycles. The maximum atomic E-state index is 11.3. The molecule has 1 heterocycles. The molecular formula is C15H21NO2. The minimum absolute atomic E-state index is 0.0969. The van der Waals surface area contributed by atoms with Gasteiger partial charge in [-0.1, -0.05) is 32.8 Å². The maximum Gasteiger partial charge on any atom is 0.224 e. The van der Waals surface area contributed by atoms with E-state index in [1.54, 1.807) is 0 Å². The van der Waals surface area contributed by atoms with E-state index in [2.05, 4.69) is 25.2 Å². The summed E-state index contributed by atoms with van der Waals surface area (Å²) in [6, 6.07) is 5.99. The molecule has 0 aromatic heterocycles. The lowest BCUT2D eigenvalue weighted by atomic mass is 10.0. The highest BCUT2D eigenvalue weighted by Gasteiger charge is 2.15. The monoisotopic (exact) mass is 247 g/mol. The van der Waals surface area contributed by atoms with E-state index < -0.39 is 0 Å². The van der Waals surface area contributed by atoms with E-state index in [4.69, 9.17) is 4.74 Å². The second kappa shape index (κ2) is 5.89. The molecule has 18 heavy (non-hydrogen) atoms. The number of carbonyl (C=O) groups excluding carboxylic acids is 1. The van der Waals surface area contributed by atoms with Crippen LogP contribution in [0.15, 0.2) is 18.2 Å². The number of aryl methyl sites for hydroxylation is 1. The van der Waals surface area contributed by atoms with Crippen molar-refractivity contribution in [1.29, 1.82) is 0 Å². The fourth-order valence-electron chi connectivity index (χ4n) is 2.18. The van der Waals surface area contributed by atoms with Gasteiger partial charge in [0.15, 0.2) is 0 Å². The van der Waals surface area contributed by atoms with Crippen LogP contribution in [0.25, 0.3) is 0 Å². The van der Waals surface area contributed by atoms with E-state index in [0.717, 1.165) is 37.3 Å². The van der Waals surface area contributed by atoms with Gasteiger partial charge in [-0.3, -0.25) is 4.79 Å². The van der Waals surface area contributed by atoms with Gasteiger partial charge in [0.2, 0.25) is 5.91 Å². The number of nitrogens with one attached hydrogen (secondary N) is 1. The molecule has 0 unspecified atom stereocenters. The van der Waals surface area contributed by atoms with Crippen LogP contribution in [0.5, 0.6) is 5.75 Å². The molecule has 3 nitrogen and oxygen atoms in total. The van der Waals surface area contributed by atoms with Gasteiger partial charge in [0.25, 0.3) is 0 Å². The molecule has 1 N–H and O–H groups in total. The van der Waals surface area contributed by atoms with Gasteiger partial charge in [0.05, 0.1) is 6.61 Å². The fourth-order valence-corrected chi connectivity index (χ4v) is 2.18. The molecule has 1 amide bonds. The zero-order chi connectivity index (χ0) is 13.0. The van der Waals surface area contributed by atoms with E-state index >= 15 is 0 Å². The van der Waals surface area contributed by atoms with Gasteiger partial charge in [0.1, 0.15) is 5.75 Å². The van der Waals surface area contributed by atoms with E-state index in [1.807, 2.05) is 12.1 Å². The average Bonchev–Trinajstić information content (AvgIpc) is 2.39. The number of anilines is 1. The van der Waals surface area contributed by atoms with Gasteiger partial charge in [-0.25, -0.2) is 0 Å². The molecule has 1 aromatic carbocycles. The highest BCUT2D eigenvalue weighted by atomic mass is 16.5. The zero-order valence-electron chi connectivity index (χ0n) is 11.2. The first kappa shape index (κ1) is 12.9. The molecule has 2 rings (SSSR count). The van der Waals surface area contributed by atoms with Crippen molar-refractivity contribution < 1.29 is 9.53 Å². The van der Waals surface area contributed by atoms with Gasteiger partial charge in [-0.2, -0.15) is 0 Å². The molecule has 1 aromatic rings. The number of fused-ring (bicyclic) bond motifs is 1. The van der Waals surface area contributed by atoms with Crippen LogP contribution in [0.1, 0.15) is 38.7 Å². The highest BCUT2D eigenvalue weighted by Crippen LogP contribution is 2.27. The Bertz CT molecular complexity index is 425. The normalized spacial score (nSPS) is 14.3. The van der Waals surface area contributed by atoms with Crippen LogP contribution in [0, 0.1) is 5.92 Å². The third kappa shape index (κ3) is 3.03. The quantitative estimate of drug-likeness (QED) is 0.866. The molecule has 1 aliphatic heterocycles. The smallest absolute Gasteiger partial charge is 0.224 e. The van der Waals surface area contributed by atoms with Gasteiger partial charge in [0, 0.05) is 18.2 Å². The molecule has 0 bridgehead atoms. The van der Waals surface area contributed by atoms with E-state index in [0.29, 0.717) is 12.3 Å². The molecule has 1 aliphatic rings. The molecule has 0 spiro atoms. The van der Waals surface area contributed by atoms with E-state index in [9.17, 15) is 4.79 Å². The summed E-state index contributed by atoms with van der Waals surface area (Å²) >= 11 is 0. The van der Waals surface area contributed by atoms with Crippen molar-refractivity contribution in [3.05, 3.63) is 23.8 Å². The van der Waals surface area contributed by atoms with Crippen molar-refractivity contribution in [3.8, 4) is 5.75 Å². The summed E-state index contributed by atoms with van der Waals surface area (Å²) in [5, 5.41) is 2.90. The Labute approximate surface area is 109 Å². The first-order valence-electron chi connectivity index (χ1n) is 6.78. The minimum atomic E-state index is 0.0969. The van der Waals surface area contributed by atoms with E-state index in [1.165, 1.54) is 5.56 Å². The Hall–Kier alpha value is -1.51. The molecule has 0 atom stereocenters. The van der Waals surface area contributed by atoms with Gasteiger partial charge in [-0.15, -0.1) is 0 Å². The maximum absolute atomic E-state index is 11.3. The topological polar surface area (TPSA) is 38.3 Å². The van der Waals surface area contributed by atoms with Crippen LogP contribution < -0.4 is 10.1 Å². The zero-order valence-corrected chi connectivity index (χ0v) is 11.2. The van der Waals surface area contributed by atoms with Crippen molar-refractivity contribution in [2.45, 2.75) is 39.5 Å². The number of hydrogen-bond acceptors (Lipinski definition) is 2. The SMILES string of the molecule is CCC(CC)COc1ccc2c(c1)NC(=O)CC2. The lowest BCUT2D eigenvalue weighted by Gasteiger charge is -2.19. The Morgan fingerprint density at radius 2 is 2.06 bits per heavy atom. The number of rotatable bonds is 5. The lowest BCUT2D eigenvalue weighted by molar-refractivity contribution is -0.116. The second-order valence-corrected chi connectivity index (χ2v) is 4.86. The van der Waals surface area contributed by atoms with Crippen LogP contribution >= 0.6 is 0 Å². The van der Waals surface area contributed by atoms with Gasteiger partial charge < -0.3 is 10.1 Å². The summed E-state index contributed by atoms with van der Waals surface area (Å²) in [7, 11) is 0. The third-order valence-corrected chi connectivity index (χ3v) is 3.62. The van der Waals surface area contributed by atoms with Crippen molar-refractivity contribution in [2.24, 2.45) is 5.92 Å². The number of hydrogen-bond donors (Lipinski definition) is 1. The number of benzene rings is 1. The molecule has 0 aliphatic carbocycles. The van der Waals surface area contributed by atoms with Crippen molar-refractivity contribution in [2.75, 3.05) is 11.9 Å². The van der Waals surface area contributed by atoms with Crippen molar-refractivity contribution >= 4 is 11.6 Å².